The van der Waals surface area contributed by atoms with Gasteiger partial charge in [-0.3, -0.25) is 19.0 Å². The van der Waals surface area contributed by atoms with Crippen molar-refractivity contribution in [1.29, 1.82) is 5.26 Å². The van der Waals surface area contributed by atoms with Gasteiger partial charge in [-0.15, -0.1) is 11.3 Å². The highest BCUT2D eigenvalue weighted by molar-refractivity contribution is 7.07. The second-order valence-electron chi connectivity index (χ2n) is 10.00. The van der Waals surface area contributed by atoms with Gasteiger partial charge < -0.3 is 10.2 Å². The number of aromatic nitrogens is 1. The van der Waals surface area contributed by atoms with Gasteiger partial charge in [-0.05, 0) is 79.4 Å². The summed E-state index contributed by atoms with van der Waals surface area (Å²) in [6.07, 6.45) is -0.960. The van der Waals surface area contributed by atoms with Gasteiger partial charge in [0, 0.05) is 29.4 Å². The number of halogens is 4. The summed E-state index contributed by atoms with van der Waals surface area (Å²) in [5.41, 5.74) is -1.56. The molecule has 7 nitrogen and oxygen atoms in total. The van der Waals surface area contributed by atoms with Gasteiger partial charge in [0.2, 0.25) is 0 Å². The van der Waals surface area contributed by atoms with Gasteiger partial charge in [-0.1, -0.05) is 35.9 Å². The van der Waals surface area contributed by atoms with E-state index in [4.69, 9.17) is 11.6 Å². The third kappa shape index (κ3) is 6.61. The Morgan fingerprint density at radius 1 is 0.977 bits per heavy atom. The SMILES string of the molecule is N#C/C(C(=O)N1CCCCC1)=c1\s/c(=C\c2cccc(NC(=O)c3ccc(Cl)cc3)c2)c(=O)n1-c1ccccc1C(F)(F)F. The molecule has 1 aromatic heterocycles. The van der Waals surface area contributed by atoms with E-state index in [2.05, 4.69) is 5.32 Å². The number of para-hydroxylation sites is 1. The van der Waals surface area contributed by atoms with Crippen molar-refractivity contribution in [2.75, 3.05) is 18.4 Å². The van der Waals surface area contributed by atoms with Gasteiger partial charge in [-0.25, -0.2) is 0 Å². The molecule has 4 aromatic rings. The first-order valence-corrected chi connectivity index (χ1v) is 14.8. The number of nitrogens with zero attached hydrogens (tertiary/aromatic N) is 3. The fourth-order valence-corrected chi connectivity index (χ4v) is 6.10. The van der Waals surface area contributed by atoms with Crippen molar-refractivity contribution >= 4 is 52.1 Å². The highest BCUT2D eigenvalue weighted by Gasteiger charge is 2.35. The Bertz CT molecular complexity index is 1950. The molecule has 2 heterocycles. The molecule has 1 aliphatic heterocycles. The second-order valence-corrected chi connectivity index (χ2v) is 11.5. The van der Waals surface area contributed by atoms with Gasteiger partial charge in [-0.2, -0.15) is 18.4 Å². The average Bonchev–Trinajstić information content (AvgIpc) is 3.32. The van der Waals surface area contributed by atoms with Gasteiger partial charge in [0.1, 0.15) is 10.7 Å². The predicted molar refractivity (Wildman–Crippen MR) is 163 cm³/mol. The molecule has 1 N–H and O–H groups in total. The molecule has 0 unspecified atom stereocenters. The van der Waals surface area contributed by atoms with Crippen LogP contribution in [0.15, 0.2) is 77.6 Å². The number of thiazole rings is 1. The number of carbonyl (C=O) groups excluding carboxylic acids is 2. The molecule has 5 rings (SSSR count). The maximum Gasteiger partial charge on any atom is 0.418 e. The van der Waals surface area contributed by atoms with Crippen LogP contribution < -0.4 is 20.1 Å². The molecule has 0 spiro atoms. The number of carbonyl (C=O) groups is 2. The maximum absolute atomic E-state index is 14.1. The van der Waals surface area contributed by atoms with Crippen LogP contribution in [0, 0.1) is 11.3 Å². The summed E-state index contributed by atoms with van der Waals surface area (Å²) in [6.45, 7) is 0.818. The molecule has 1 aliphatic rings. The van der Waals surface area contributed by atoms with Crippen LogP contribution in [0.1, 0.15) is 40.7 Å². The third-order valence-electron chi connectivity index (χ3n) is 7.01. The molecule has 0 bridgehead atoms. The fourth-order valence-electron chi connectivity index (χ4n) is 4.88. The first kappa shape index (κ1) is 30.8. The molecule has 0 saturated carbocycles. The minimum absolute atomic E-state index is 0.00245. The lowest BCUT2D eigenvalue weighted by atomic mass is 10.1. The van der Waals surface area contributed by atoms with Crippen LogP contribution in [-0.2, 0) is 11.0 Å². The zero-order chi connectivity index (χ0) is 31.4. The van der Waals surface area contributed by atoms with Gasteiger partial charge in [0.05, 0.1) is 15.8 Å². The van der Waals surface area contributed by atoms with E-state index in [0.29, 0.717) is 34.9 Å². The summed E-state index contributed by atoms with van der Waals surface area (Å²) >= 11 is 6.66. The zero-order valence-electron chi connectivity index (χ0n) is 23.0. The first-order chi connectivity index (χ1) is 21.1. The van der Waals surface area contributed by atoms with E-state index >= 15 is 0 Å². The van der Waals surface area contributed by atoms with E-state index < -0.39 is 40.4 Å². The molecule has 1 fully saturated rings. The van der Waals surface area contributed by atoms with E-state index in [1.807, 2.05) is 6.07 Å². The Balaban J connectivity index is 1.66. The summed E-state index contributed by atoms with van der Waals surface area (Å²) in [7, 11) is 0. The van der Waals surface area contributed by atoms with Crippen LogP contribution in [0.25, 0.3) is 17.3 Å². The molecular weight excluding hydrogens is 613 g/mol. The number of likely N-dealkylation sites (tertiary alicyclic amines) is 1. The predicted octanol–water partition coefficient (Wildman–Crippen LogP) is 5.34. The van der Waals surface area contributed by atoms with Gasteiger partial charge in [0.15, 0.2) is 5.57 Å². The molecule has 224 valence electrons. The lowest BCUT2D eigenvalue weighted by molar-refractivity contribution is -0.137. The molecular formula is C32H24ClF3N4O3S. The number of benzene rings is 3. The van der Waals surface area contributed by atoms with Crippen molar-refractivity contribution in [3.05, 3.63) is 114 Å². The number of hydrogen-bond donors (Lipinski definition) is 1. The van der Waals surface area contributed by atoms with Crippen LogP contribution in [0.2, 0.25) is 5.02 Å². The number of rotatable bonds is 5. The Kier molecular flexibility index (Phi) is 9.04. The topological polar surface area (TPSA) is 95.2 Å². The van der Waals surface area contributed by atoms with Crippen molar-refractivity contribution in [1.82, 2.24) is 9.47 Å². The highest BCUT2D eigenvalue weighted by atomic mass is 35.5. The number of amides is 2. The van der Waals surface area contributed by atoms with Crippen molar-refractivity contribution in [3.8, 4) is 11.8 Å². The van der Waals surface area contributed by atoms with Gasteiger partial charge >= 0.3 is 6.18 Å². The van der Waals surface area contributed by atoms with Crippen molar-refractivity contribution < 1.29 is 22.8 Å². The van der Waals surface area contributed by atoms with Crippen molar-refractivity contribution in [2.45, 2.75) is 25.4 Å². The van der Waals surface area contributed by atoms with E-state index in [1.165, 1.54) is 23.1 Å². The number of anilines is 1. The fraction of sp³-hybridized carbons (Fsp3) is 0.188. The zero-order valence-corrected chi connectivity index (χ0v) is 24.6. The van der Waals surface area contributed by atoms with E-state index in [-0.39, 0.29) is 9.20 Å². The number of nitrogens with one attached hydrogen (secondary N) is 1. The van der Waals surface area contributed by atoms with E-state index in [1.54, 1.807) is 48.5 Å². The summed E-state index contributed by atoms with van der Waals surface area (Å²) in [6, 6.07) is 19.2. The quantitative estimate of drug-likeness (QED) is 0.320. The van der Waals surface area contributed by atoms with Crippen molar-refractivity contribution in [3.63, 3.8) is 0 Å². The first-order valence-electron chi connectivity index (χ1n) is 13.6. The van der Waals surface area contributed by atoms with Crippen LogP contribution in [-0.4, -0.2) is 34.4 Å². The smallest absolute Gasteiger partial charge is 0.338 e. The normalized spacial score (nSPS) is 14.6. The van der Waals surface area contributed by atoms with Crippen LogP contribution >= 0.6 is 22.9 Å². The Labute approximate surface area is 258 Å². The second kappa shape index (κ2) is 12.9. The molecule has 2 amide bonds. The number of hydrogen-bond acceptors (Lipinski definition) is 5. The van der Waals surface area contributed by atoms with Crippen LogP contribution in [0.5, 0.6) is 0 Å². The molecule has 3 aromatic carbocycles. The lowest BCUT2D eigenvalue weighted by Gasteiger charge is -2.26. The minimum Gasteiger partial charge on any atom is -0.338 e. The van der Waals surface area contributed by atoms with E-state index in [0.717, 1.165) is 47.3 Å². The standard InChI is InChI=1S/C32H24ClF3N4O3S/c33-22-13-11-21(12-14-22)28(41)38-23-8-6-7-20(17-23)18-27-30(43)40(26-10-3-2-9-25(26)32(34,35)36)31(44-27)24(19-37)29(42)39-15-4-1-5-16-39/h2-3,6-14,17-18H,1,4-5,15-16H2,(H,38,41)/b27-18-,31-24+. The van der Waals surface area contributed by atoms with Crippen LogP contribution in [0.3, 0.4) is 0 Å². The minimum atomic E-state index is -4.81. The Morgan fingerprint density at radius 3 is 2.36 bits per heavy atom. The average molecular weight is 637 g/mol. The van der Waals surface area contributed by atoms with Crippen molar-refractivity contribution in [2.24, 2.45) is 0 Å². The molecule has 1 saturated heterocycles. The Morgan fingerprint density at radius 2 is 1.68 bits per heavy atom. The lowest BCUT2D eigenvalue weighted by Crippen LogP contribution is -2.39. The van der Waals surface area contributed by atoms with Crippen LogP contribution in [0.4, 0.5) is 18.9 Å². The largest absolute Gasteiger partial charge is 0.418 e. The number of nitriles is 1. The Hall–Kier alpha value is -4.66. The maximum atomic E-state index is 14.1. The summed E-state index contributed by atoms with van der Waals surface area (Å²) in [5.74, 6) is -1.03. The molecule has 12 heteroatoms. The number of alkyl halides is 3. The number of piperidine rings is 1. The molecule has 44 heavy (non-hydrogen) atoms. The highest BCUT2D eigenvalue weighted by Crippen LogP contribution is 2.33. The van der Waals surface area contributed by atoms with E-state index in [9.17, 15) is 32.8 Å². The molecule has 0 aliphatic carbocycles. The molecule has 0 atom stereocenters. The summed E-state index contributed by atoms with van der Waals surface area (Å²) < 4.78 is 42.8. The van der Waals surface area contributed by atoms with Gasteiger partial charge in [0.25, 0.3) is 17.4 Å². The third-order valence-corrected chi connectivity index (χ3v) is 8.35. The monoisotopic (exact) mass is 636 g/mol. The summed E-state index contributed by atoms with van der Waals surface area (Å²) in [4.78, 5) is 41.4. The summed E-state index contributed by atoms with van der Waals surface area (Å²) in [5, 5.41) is 13.3. The molecule has 0 radical (unpaired) electrons.